The predicted octanol–water partition coefficient (Wildman–Crippen LogP) is 3.84. The highest BCUT2D eigenvalue weighted by molar-refractivity contribution is 6.31. The van der Waals surface area contributed by atoms with E-state index in [1.165, 1.54) is 6.07 Å². The molecule has 3 aromatic rings. The Morgan fingerprint density at radius 2 is 1.68 bits per heavy atom. The minimum atomic E-state index is -0.283. The van der Waals surface area contributed by atoms with Crippen LogP contribution in [0.2, 0.25) is 10.2 Å². The van der Waals surface area contributed by atoms with Crippen LogP contribution in [-0.4, -0.2) is 16.8 Å². The molecule has 25 heavy (non-hydrogen) atoms. The van der Waals surface area contributed by atoms with E-state index in [4.69, 9.17) is 23.2 Å². The summed E-state index contributed by atoms with van der Waals surface area (Å²) in [7, 11) is 1.98. The van der Waals surface area contributed by atoms with Crippen molar-refractivity contribution < 1.29 is 9.29 Å². The minimum Gasteiger partial charge on any atom is -0.330 e. The number of aromatic nitrogens is 2. The van der Waals surface area contributed by atoms with E-state index in [1.54, 1.807) is 16.8 Å². The standard InChI is InChI=1S/C19H18Cl2FN3/c1-13-15(19(21)25(23-13)14-7-4-3-5-8-14)11-24(2)12-16-17(20)9-6-10-18(16)22/h3-10H,11-12H2,1-2H3/p+1. The van der Waals surface area contributed by atoms with E-state index in [0.29, 0.717) is 28.8 Å². The van der Waals surface area contributed by atoms with Crippen molar-refractivity contribution in [1.82, 2.24) is 9.78 Å². The van der Waals surface area contributed by atoms with Gasteiger partial charge in [0.1, 0.15) is 24.1 Å². The summed E-state index contributed by atoms with van der Waals surface area (Å²) in [4.78, 5) is 1.07. The zero-order valence-corrected chi connectivity index (χ0v) is 15.6. The molecule has 3 nitrogen and oxygen atoms in total. The van der Waals surface area contributed by atoms with Gasteiger partial charge in [-0.25, -0.2) is 9.07 Å². The third-order valence-corrected chi connectivity index (χ3v) is 4.88. The van der Waals surface area contributed by atoms with Gasteiger partial charge in [0.15, 0.2) is 0 Å². The van der Waals surface area contributed by atoms with Crippen molar-refractivity contribution in [3.63, 3.8) is 0 Å². The molecule has 6 heteroatoms. The third-order valence-electron chi connectivity index (χ3n) is 4.14. The lowest BCUT2D eigenvalue weighted by molar-refractivity contribution is -0.907. The maximum atomic E-state index is 14.0. The fraction of sp³-hybridized carbons (Fsp3) is 0.211. The van der Waals surface area contributed by atoms with Crippen molar-refractivity contribution in [2.24, 2.45) is 0 Å². The number of nitrogens with zero attached hydrogens (tertiary/aromatic N) is 2. The van der Waals surface area contributed by atoms with E-state index in [0.717, 1.165) is 21.8 Å². The molecular weight excluding hydrogens is 360 g/mol. The predicted molar refractivity (Wildman–Crippen MR) is 99.0 cm³/mol. The Labute approximate surface area is 156 Å². The highest BCUT2D eigenvalue weighted by atomic mass is 35.5. The van der Waals surface area contributed by atoms with Crippen LogP contribution in [0.15, 0.2) is 48.5 Å². The molecule has 2 aromatic carbocycles. The number of para-hydroxylation sites is 1. The number of benzene rings is 2. The van der Waals surface area contributed by atoms with Gasteiger partial charge in [-0.15, -0.1) is 0 Å². The van der Waals surface area contributed by atoms with Crippen molar-refractivity contribution in [3.05, 3.63) is 81.3 Å². The van der Waals surface area contributed by atoms with Crippen molar-refractivity contribution in [1.29, 1.82) is 0 Å². The van der Waals surface area contributed by atoms with E-state index in [2.05, 4.69) is 5.10 Å². The van der Waals surface area contributed by atoms with Gasteiger partial charge < -0.3 is 4.90 Å². The third kappa shape index (κ3) is 3.87. The highest BCUT2D eigenvalue weighted by Crippen LogP contribution is 2.23. The van der Waals surface area contributed by atoms with Gasteiger partial charge in [-0.05, 0) is 31.2 Å². The average Bonchev–Trinajstić information content (AvgIpc) is 2.87. The minimum absolute atomic E-state index is 0.283. The van der Waals surface area contributed by atoms with Gasteiger partial charge in [-0.3, -0.25) is 0 Å². The molecule has 1 heterocycles. The van der Waals surface area contributed by atoms with Crippen LogP contribution in [-0.2, 0) is 13.1 Å². The van der Waals surface area contributed by atoms with Gasteiger partial charge in [0.05, 0.1) is 34.6 Å². The molecule has 0 saturated carbocycles. The molecule has 130 valence electrons. The lowest BCUT2D eigenvalue weighted by Crippen LogP contribution is -3.06. The van der Waals surface area contributed by atoms with Crippen LogP contribution < -0.4 is 4.90 Å². The van der Waals surface area contributed by atoms with Gasteiger partial charge in [0, 0.05) is 0 Å². The summed E-state index contributed by atoms with van der Waals surface area (Å²) in [5, 5.41) is 5.58. The van der Waals surface area contributed by atoms with Crippen molar-refractivity contribution in [2.75, 3.05) is 7.05 Å². The van der Waals surface area contributed by atoms with Crippen LogP contribution in [0.4, 0.5) is 4.39 Å². The number of quaternary nitrogens is 1. The van der Waals surface area contributed by atoms with E-state index in [-0.39, 0.29) is 5.82 Å². The fourth-order valence-electron chi connectivity index (χ4n) is 2.84. The second-order valence-corrected chi connectivity index (χ2v) is 6.88. The number of halogens is 3. The molecule has 0 fully saturated rings. The van der Waals surface area contributed by atoms with E-state index in [1.807, 2.05) is 44.3 Å². The van der Waals surface area contributed by atoms with Crippen LogP contribution in [0.3, 0.4) is 0 Å². The lowest BCUT2D eigenvalue weighted by atomic mass is 10.2. The number of hydrogen-bond donors (Lipinski definition) is 1. The Bertz CT molecular complexity index is 858. The summed E-state index contributed by atoms with van der Waals surface area (Å²) >= 11 is 12.7. The first-order chi connectivity index (χ1) is 12.0. The Hall–Kier alpha value is -1.88. The van der Waals surface area contributed by atoms with Crippen molar-refractivity contribution in [3.8, 4) is 5.69 Å². The highest BCUT2D eigenvalue weighted by Gasteiger charge is 2.20. The zero-order valence-electron chi connectivity index (χ0n) is 14.1. The summed E-state index contributed by atoms with van der Waals surface area (Å²) in [6, 6.07) is 14.5. The van der Waals surface area contributed by atoms with Crippen LogP contribution >= 0.6 is 23.2 Å². The van der Waals surface area contributed by atoms with Crippen LogP contribution in [0.1, 0.15) is 16.8 Å². The first-order valence-electron chi connectivity index (χ1n) is 8.01. The van der Waals surface area contributed by atoms with Crippen molar-refractivity contribution in [2.45, 2.75) is 20.0 Å². The normalized spacial score (nSPS) is 12.4. The number of hydrogen-bond acceptors (Lipinski definition) is 1. The van der Waals surface area contributed by atoms with Gasteiger partial charge >= 0.3 is 0 Å². The monoisotopic (exact) mass is 378 g/mol. The summed E-state index contributed by atoms with van der Waals surface area (Å²) in [6.07, 6.45) is 0. The molecule has 0 bridgehead atoms. The summed E-state index contributed by atoms with van der Waals surface area (Å²) in [5.41, 5.74) is 3.26. The molecule has 1 aromatic heterocycles. The second-order valence-electron chi connectivity index (χ2n) is 6.11. The molecule has 3 rings (SSSR count). The Kier molecular flexibility index (Phi) is 5.42. The molecule has 0 amide bonds. The molecular formula is C19H19Cl2FN3+. The molecule has 1 atom stereocenters. The summed E-state index contributed by atoms with van der Waals surface area (Å²) in [5.74, 6) is -0.283. The molecule has 0 spiro atoms. The SMILES string of the molecule is Cc1nn(-c2ccccc2)c(Cl)c1C[NH+](C)Cc1c(F)cccc1Cl. The van der Waals surface area contributed by atoms with Gasteiger partial charge in [-0.2, -0.15) is 5.10 Å². The smallest absolute Gasteiger partial charge is 0.142 e. The molecule has 0 radical (unpaired) electrons. The number of rotatable bonds is 5. The zero-order chi connectivity index (χ0) is 18.0. The molecule has 1 N–H and O–H groups in total. The summed E-state index contributed by atoms with van der Waals surface area (Å²) in [6.45, 7) is 3.03. The maximum absolute atomic E-state index is 14.0. The largest absolute Gasteiger partial charge is 0.330 e. The van der Waals surface area contributed by atoms with E-state index in [9.17, 15) is 4.39 Å². The molecule has 1 unspecified atom stereocenters. The molecule has 0 aliphatic rings. The molecule has 0 saturated heterocycles. The topological polar surface area (TPSA) is 22.3 Å². The lowest BCUT2D eigenvalue weighted by Gasteiger charge is -2.15. The Morgan fingerprint density at radius 1 is 1.00 bits per heavy atom. The van der Waals surface area contributed by atoms with E-state index >= 15 is 0 Å². The quantitative estimate of drug-likeness (QED) is 0.715. The Balaban J connectivity index is 1.82. The average molecular weight is 379 g/mol. The van der Waals surface area contributed by atoms with E-state index < -0.39 is 0 Å². The second kappa shape index (κ2) is 7.56. The van der Waals surface area contributed by atoms with Crippen LogP contribution in [0.5, 0.6) is 0 Å². The van der Waals surface area contributed by atoms with Gasteiger partial charge in [-0.1, -0.05) is 47.5 Å². The first kappa shape index (κ1) is 17.9. The van der Waals surface area contributed by atoms with Crippen LogP contribution in [0, 0.1) is 12.7 Å². The maximum Gasteiger partial charge on any atom is 0.142 e. The molecule has 0 aliphatic heterocycles. The van der Waals surface area contributed by atoms with Crippen molar-refractivity contribution >= 4 is 23.2 Å². The fourth-order valence-corrected chi connectivity index (χ4v) is 3.41. The molecule has 0 aliphatic carbocycles. The Morgan fingerprint density at radius 3 is 2.36 bits per heavy atom. The number of nitrogens with one attached hydrogen (secondary N) is 1. The number of aryl methyl sites for hydroxylation is 1. The summed E-state index contributed by atoms with van der Waals surface area (Å²) < 4.78 is 15.7. The van der Waals surface area contributed by atoms with Crippen LogP contribution in [0.25, 0.3) is 5.69 Å². The van der Waals surface area contributed by atoms with Gasteiger partial charge in [0.25, 0.3) is 0 Å². The first-order valence-corrected chi connectivity index (χ1v) is 8.76. The van der Waals surface area contributed by atoms with Gasteiger partial charge in [0.2, 0.25) is 0 Å².